The summed E-state index contributed by atoms with van der Waals surface area (Å²) in [4.78, 5) is 0. The van der Waals surface area contributed by atoms with Gasteiger partial charge >= 0.3 is 0 Å². The summed E-state index contributed by atoms with van der Waals surface area (Å²) in [6.07, 6.45) is 6.25. The normalized spacial score (nSPS) is 20.8. The lowest BCUT2D eigenvalue weighted by atomic mass is 9.96. The maximum atomic E-state index is 9.84. The first-order valence-electron chi connectivity index (χ1n) is 6.36. The van der Waals surface area contributed by atoms with Gasteiger partial charge in [-0.15, -0.1) is 0 Å². The van der Waals surface area contributed by atoms with Gasteiger partial charge in [-0.2, -0.15) is 0 Å². The third-order valence-electron chi connectivity index (χ3n) is 3.12. The van der Waals surface area contributed by atoms with Crippen molar-refractivity contribution in [2.24, 2.45) is 11.3 Å². The van der Waals surface area contributed by atoms with Crippen LogP contribution in [-0.4, -0.2) is 24.3 Å². The first-order chi connectivity index (χ1) is 6.97. The monoisotopic (exact) mass is 213 g/mol. The first kappa shape index (κ1) is 13.0. The topological polar surface area (TPSA) is 32.3 Å². The van der Waals surface area contributed by atoms with E-state index in [-0.39, 0.29) is 6.10 Å². The zero-order valence-electron chi connectivity index (χ0n) is 10.6. The van der Waals surface area contributed by atoms with Crippen LogP contribution in [0.2, 0.25) is 0 Å². The molecule has 1 unspecified atom stereocenters. The van der Waals surface area contributed by atoms with Crippen molar-refractivity contribution in [3.8, 4) is 0 Å². The van der Waals surface area contributed by atoms with Crippen LogP contribution in [0, 0.1) is 11.3 Å². The van der Waals surface area contributed by atoms with Crippen molar-refractivity contribution in [2.45, 2.75) is 59.0 Å². The van der Waals surface area contributed by atoms with Crippen LogP contribution in [0.1, 0.15) is 52.9 Å². The summed E-state index contributed by atoms with van der Waals surface area (Å²) in [5.41, 5.74) is 0.313. The van der Waals surface area contributed by atoms with Crippen LogP contribution in [0.5, 0.6) is 0 Å². The quantitative estimate of drug-likeness (QED) is 0.735. The van der Waals surface area contributed by atoms with Crippen LogP contribution in [0.15, 0.2) is 0 Å². The summed E-state index contributed by atoms with van der Waals surface area (Å²) in [6.45, 7) is 8.37. The molecule has 0 aliphatic heterocycles. The van der Waals surface area contributed by atoms with Crippen molar-refractivity contribution in [2.75, 3.05) is 13.1 Å². The molecule has 0 radical (unpaired) electrons. The number of hydrogen-bond acceptors (Lipinski definition) is 2. The molecule has 15 heavy (non-hydrogen) atoms. The lowest BCUT2D eigenvalue weighted by Crippen LogP contribution is -2.34. The Bertz CT molecular complexity index is 168. The van der Waals surface area contributed by atoms with Crippen molar-refractivity contribution in [3.63, 3.8) is 0 Å². The molecule has 1 aliphatic carbocycles. The molecule has 2 N–H and O–H groups in total. The van der Waals surface area contributed by atoms with E-state index in [4.69, 9.17) is 0 Å². The molecule has 2 heteroatoms. The fraction of sp³-hybridized carbons (Fsp3) is 1.00. The highest BCUT2D eigenvalue weighted by molar-refractivity contribution is 4.73. The fourth-order valence-electron chi connectivity index (χ4n) is 2.33. The first-order valence-corrected chi connectivity index (χ1v) is 6.36. The Morgan fingerprint density at radius 3 is 2.40 bits per heavy atom. The van der Waals surface area contributed by atoms with Crippen molar-refractivity contribution in [1.82, 2.24) is 5.32 Å². The zero-order valence-corrected chi connectivity index (χ0v) is 10.6. The van der Waals surface area contributed by atoms with E-state index in [1.165, 1.54) is 25.7 Å². The molecular formula is C13H27NO. The molecule has 1 aliphatic rings. The van der Waals surface area contributed by atoms with Crippen LogP contribution >= 0.6 is 0 Å². The highest BCUT2D eigenvalue weighted by atomic mass is 16.3. The van der Waals surface area contributed by atoms with Gasteiger partial charge in [0.25, 0.3) is 0 Å². The maximum absolute atomic E-state index is 9.84. The van der Waals surface area contributed by atoms with Gasteiger partial charge in [-0.1, -0.05) is 46.5 Å². The van der Waals surface area contributed by atoms with Gasteiger partial charge in [-0.3, -0.25) is 0 Å². The van der Waals surface area contributed by atoms with Gasteiger partial charge in [0.1, 0.15) is 0 Å². The van der Waals surface area contributed by atoms with Gasteiger partial charge in [0.2, 0.25) is 0 Å². The SMILES string of the molecule is CC(C)(C)CNCC(O)CC1CCCC1. The largest absolute Gasteiger partial charge is 0.392 e. The molecule has 0 spiro atoms. The van der Waals surface area contributed by atoms with Gasteiger partial charge in [0.05, 0.1) is 6.10 Å². The van der Waals surface area contributed by atoms with Crippen LogP contribution in [0.3, 0.4) is 0 Å². The van der Waals surface area contributed by atoms with E-state index in [0.29, 0.717) is 5.41 Å². The Morgan fingerprint density at radius 1 is 1.27 bits per heavy atom. The number of hydrogen-bond donors (Lipinski definition) is 2. The number of aliphatic hydroxyl groups is 1. The molecule has 1 rings (SSSR count). The molecule has 2 nitrogen and oxygen atoms in total. The minimum atomic E-state index is -0.143. The molecule has 1 fully saturated rings. The Morgan fingerprint density at radius 2 is 1.87 bits per heavy atom. The highest BCUT2D eigenvalue weighted by Gasteiger charge is 2.19. The third-order valence-corrected chi connectivity index (χ3v) is 3.12. The second-order valence-corrected chi connectivity index (χ2v) is 6.23. The smallest absolute Gasteiger partial charge is 0.0667 e. The van der Waals surface area contributed by atoms with E-state index in [0.717, 1.165) is 25.4 Å². The Balaban J connectivity index is 2.05. The fourth-order valence-corrected chi connectivity index (χ4v) is 2.33. The molecule has 0 amide bonds. The molecule has 1 atom stereocenters. The van der Waals surface area contributed by atoms with E-state index in [1.807, 2.05) is 0 Å². The molecule has 0 aromatic rings. The van der Waals surface area contributed by atoms with Crippen LogP contribution in [0.4, 0.5) is 0 Å². The highest BCUT2D eigenvalue weighted by Crippen LogP contribution is 2.28. The van der Waals surface area contributed by atoms with Crippen LogP contribution in [-0.2, 0) is 0 Å². The average Bonchev–Trinajstić information content (AvgIpc) is 2.54. The standard InChI is InChI=1S/C13H27NO/c1-13(2,3)10-14-9-12(15)8-11-6-4-5-7-11/h11-12,14-15H,4-10H2,1-3H3. The Labute approximate surface area is 94.5 Å². The van der Waals surface area contributed by atoms with Crippen molar-refractivity contribution in [3.05, 3.63) is 0 Å². The molecule has 0 heterocycles. The van der Waals surface area contributed by atoms with Crippen molar-refractivity contribution >= 4 is 0 Å². The van der Waals surface area contributed by atoms with Gasteiger partial charge in [-0.05, 0) is 17.8 Å². The minimum absolute atomic E-state index is 0.143. The summed E-state index contributed by atoms with van der Waals surface area (Å²) >= 11 is 0. The number of aliphatic hydroxyl groups excluding tert-OH is 1. The van der Waals surface area contributed by atoms with Crippen LogP contribution in [0.25, 0.3) is 0 Å². The Hall–Kier alpha value is -0.0800. The van der Waals surface area contributed by atoms with Gasteiger partial charge in [0.15, 0.2) is 0 Å². The molecular weight excluding hydrogens is 186 g/mol. The number of rotatable bonds is 5. The lowest BCUT2D eigenvalue weighted by Gasteiger charge is -2.21. The molecule has 0 aromatic carbocycles. The van der Waals surface area contributed by atoms with Gasteiger partial charge in [-0.25, -0.2) is 0 Å². The second kappa shape index (κ2) is 5.86. The number of nitrogens with one attached hydrogen (secondary N) is 1. The molecule has 1 saturated carbocycles. The summed E-state index contributed by atoms with van der Waals surface area (Å²) in [6, 6.07) is 0. The summed E-state index contributed by atoms with van der Waals surface area (Å²) in [5, 5.41) is 13.2. The predicted molar refractivity (Wildman–Crippen MR) is 64.9 cm³/mol. The minimum Gasteiger partial charge on any atom is -0.392 e. The van der Waals surface area contributed by atoms with Gasteiger partial charge in [0, 0.05) is 13.1 Å². The second-order valence-electron chi connectivity index (χ2n) is 6.23. The van der Waals surface area contributed by atoms with Crippen molar-refractivity contribution in [1.29, 1.82) is 0 Å². The average molecular weight is 213 g/mol. The van der Waals surface area contributed by atoms with E-state index in [2.05, 4.69) is 26.1 Å². The zero-order chi connectivity index (χ0) is 11.3. The molecule has 0 aromatic heterocycles. The molecule has 0 saturated heterocycles. The van der Waals surface area contributed by atoms with Crippen molar-refractivity contribution < 1.29 is 5.11 Å². The Kier molecular flexibility index (Phi) is 5.07. The van der Waals surface area contributed by atoms with E-state index in [9.17, 15) is 5.11 Å². The predicted octanol–water partition coefficient (Wildman–Crippen LogP) is 2.56. The van der Waals surface area contributed by atoms with E-state index >= 15 is 0 Å². The maximum Gasteiger partial charge on any atom is 0.0667 e. The lowest BCUT2D eigenvalue weighted by molar-refractivity contribution is 0.137. The van der Waals surface area contributed by atoms with Crippen LogP contribution < -0.4 is 5.32 Å². The summed E-state index contributed by atoms with van der Waals surface area (Å²) in [5.74, 6) is 0.788. The molecule has 0 bridgehead atoms. The summed E-state index contributed by atoms with van der Waals surface area (Å²) in [7, 11) is 0. The summed E-state index contributed by atoms with van der Waals surface area (Å²) < 4.78 is 0. The van der Waals surface area contributed by atoms with Gasteiger partial charge < -0.3 is 10.4 Å². The van der Waals surface area contributed by atoms with E-state index in [1.54, 1.807) is 0 Å². The van der Waals surface area contributed by atoms with E-state index < -0.39 is 0 Å². The third kappa shape index (κ3) is 6.16. The molecule has 90 valence electrons.